The first-order valence-electron chi connectivity index (χ1n) is 11.7. The van der Waals surface area contributed by atoms with Gasteiger partial charge in [0.25, 0.3) is 0 Å². The van der Waals surface area contributed by atoms with Crippen molar-refractivity contribution in [1.82, 2.24) is 15.2 Å². The maximum absolute atomic E-state index is 13.4. The first-order valence-corrected chi connectivity index (χ1v) is 11.7. The molecule has 5 heteroatoms. The van der Waals surface area contributed by atoms with Crippen LogP contribution in [0.15, 0.2) is 60.9 Å². The molecule has 2 heterocycles. The third kappa shape index (κ3) is 4.93. The number of allylic oxidation sites excluding steroid dienone is 2. The number of pyridine rings is 1. The number of carbonyl (C=O) groups excluding carboxylic acids is 2. The molecule has 5 nitrogen and oxygen atoms in total. The molecule has 168 valence electrons. The number of aromatic nitrogens is 1. The smallest absolute Gasteiger partial charge is 0.228 e. The van der Waals surface area contributed by atoms with Gasteiger partial charge in [-0.25, -0.2) is 0 Å². The average molecular weight is 432 g/mol. The van der Waals surface area contributed by atoms with Gasteiger partial charge in [-0.05, 0) is 74.8 Å². The average Bonchev–Trinajstić information content (AvgIpc) is 3.25. The lowest BCUT2D eigenvalue weighted by Crippen LogP contribution is -2.47. The highest BCUT2D eigenvalue weighted by Gasteiger charge is 2.46. The minimum Gasteiger partial charge on any atom is -0.353 e. The number of amides is 2. The van der Waals surface area contributed by atoms with Crippen LogP contribution in [0, 0.1) is 11.3 Å². The molecule has 0 bridgehead atoms. The molecule has 1 aliphatic carbocycles. The molecule has 32 heavy (non-hydrogen) atoms. The number of hydrogen-bond acceptors (Lipinski definition) is 3. The molecular formula is C27H33N3O2. The quantitative estimate of drug-likeness (QED) is 0.690. The van der Waals surface area contributed by atoms with Crippen LogP contribution in [0.1, 0.15) is 45.1 Å². The van der Waals surface area contributed by atoms with Crippen molar-refractivity contribution >= 4 is 11.8 Å². The Morgan fingerprint density at radius 2 is 1.97 bits per heavy atom. The Morgan fingerprint density at radius 1 is 1.16 bits per heavy atom. The summed E-state index contributed by atoms with van der Waals surface area (Å²) in [7, 11) is 0. The molecule has 2 amide bonds. The number of nitrogens with zero attached hydrogens (tertiary/aromatic N) is 2. The fourth-order valence-corrected chi connectivity index (χ4v) is 4.96. The maximum atomic E-state index is 13.4. The van der Waals surface area contributed by atoms with Gasteiger partial charge in [0.15, 0.2) is 0 Å². The lowest BCUT2D eigenvalue weighted by molar-refractivity contribution is -0.136. The molecule has 0 radical (unpaired) electrons. The Bertz CT molecular complexity index is 985. The zero-order valence-corrected chi connectivity index (χ0v) is 19.1. The number of rotatable bonds is 6. The minimum atomic E-state index is -0.596. The van der Waals surface area contributed by atoms with Gasteiger partial charge in [-0.2, -0.15) is 0 Å². The Kier molecular flexibility index (Phi) is 6.73. The van der Waals surface area contributed by atoms with Crippen molar-refractivity contribution < 1.29 is 9.59 Å². The molecule has 4 rings (SSSR count). The second kappa shape index (κ2) is 9.68. The highest BCUT2D eigenvalue weighted by molar-refractivity contribution is 5.86. The summed E-state index contributed by atoms with van der Waals surface area (Å²) in [5, 5.41) is 3.13. The van der Waals surface area contributed by atoms with E-state index in [1.807, 2.05) is 36.9 Å². The molecule has 1 aliphatic heterocycles. The van der Waals surface area contributed by atoms with Gasteiger partial charge in [0.2, 0.25) is 11.8 Å². The van der Waals surface area contributed by atoms with Gasteiger partial charge in [-0.15, -0.1) is 0 Å². The number of benzene rings is 1. The number of likely N-dealkylation sites (tertiary alicyclic amines) is 1. The van der Waals surface area contributed by atoms with E-state index in [9.17, 15) is 9.59 Å². The van der Waals surface area contributed by atoms with E-state index in [0.29, 0.717) is 25.9 Å². The predicted molar refractivity (Wildman–Crippen MR) is 127 cm³/mol. The van der Waals surface area contributed by atoms with E-state index in [4.69, 9.17) is 0 Å². The predicted octanol–water partition coefficient (Wildman–Crippen LogP) is 4.39. The Labute approximate surface area is 190 Å². The lowest BCUT2D eigenvalue weighted by Gasteiger charge is -2.31. The van der Waals surface area contributed by atoms with E-state index in [1.54, 1.807) is 12.4 Å². The van der Waals surface area contributed by atoms with Crippen molar-refractivity contribution in [3.05, 3.63) is 66.5 Å². The largest absolute Gasteiger partial charge is 0.353 e. The summed E-state index contributed by atoms with van der Waals surface area (Å²) in [5.74, 6) is 0.318. The maximum Gasteiger partial charge on any atom is 0.228 e. The second-order valence-corrected chi connectivity index (χ2v) is 9.51. The Balaban J connectivity index is 1.57. The van der Waals surface area contributed by atoms with Crippen LogP contribution in [0.5, 0.6) is 0 Å². The SMILES string of the molecule is CC(C)NC(=O)C1(Cc2cccc(-c3ccncc3)c2)CCN(C(=O)C2CC=CCC2)C1. The van der Waals surface area contributed by atoms with Gasteiger partial charge in [0.05, 0.1) is 5.41 Å². The van der Waals surface area contributed by atoms with Crippen LogP contribution in [0.4, 0.5) is 0 Å². The fraction of sp³-hybridized carbons (Fsp3) is 0.444. The monoisotopic (exact) mass is 431 g/mol. The zero-order chi connectivity index (χ0) is 22.6. The van der Waals surface area contributed by atoms with Crippen LogP contribution in [0.3, 0.4) is 0 Å². The molecule has 0 saturated carbocycles. The van der Waals surface area contributed by atoms with E-state index in [0.717, 1.165) is 36.0 Å². The highest BCUT2D eigenvalue weighted by Crippen LogP contribution is 2.37. The molecule has 1 fully saturated rings. The van der Waals surface area contributed by atoms with Crippen LogP contribution in [-0.4, -0.2) is 40.8 Å². The van der Waals surface area contributed by atoms with Crippen molar-refractivity contribution in [3.8, 4) is 11.1 Å². The summed E-state index contributed by atoms with van der Waals surface area (Å²) >= 11 is 0. The van der Waals surface area contributed by atoms with Gasteiger partial charge in [-0.3, -0.25) is 14.6 Å². The fourth-order valence-electron chi connectivity index (χ4n) is 4.96. The number of nitrogens with one attached hydrogen (secondary N) is 1. The van der Waals surface area contributed by atoms with Crippen molar-refractivity contribution in [3.63, 3.8) is 0 Å². The van der Waals surface area contributed by atoms with Crippen molar-refractivity contribution in [2.24, 2.45) is 11.3 Å². The van der Waals surface area contributed by atoms with Crippen LogP contribution in [0.2, 0.25) is 0 Å². The van der Waals surface area contributed by atoms with E-state index < -0.39 is 5.41 Å². The molecule has 1 saturated heterocycles. The van der Waals surface area contributed by atoms with Crippen LogP contribution in [0.25, 0.3) is 11.1 Å². The summed E-state index contributed by atoms with van der Waals surface area (Å²) in [6, 6.07) is 12.4. The number of carbonyl (C=O) groups is 2. The van der Waals surface area contributed by atoms with Crippen molar-refractivity contribution in [2.75, 3.05) is 13.1 Å². The van der Waals surface area contributed by atoms with E-state index >= 15 is 0 Å². The normalized spacial score (nSPS) is 22.8. The van der Waals surface area contributed by atoms with E-state index in [2.05, 4.69) is 40.7 Å². The zero-order valence-electron chi connectivity index (χ0n) is 19.1. The van der Waals surface area contributed by atoms with E-state index in [1.165, 1.54) is 0 Å². The highest BCUT2D eigenvalue weighted by atomic mass is 16.2. The lowest BCUT2D eigenvalue weighted by atomic mass is 9.79. The first-order chi connectivity index (χ1) is 15.5. The summed E-state index contributed by atoms with van der Waals surface area (Å²) in [6.07, 6.45) is 11.9. The molecule has 2 unspecified atom stereocenters. The summed E-state index contributed by atoms with van der Waals surface area (Å²) in [4.78, 5) is 32.6. The molecule has 1 N–H and O–H groups in total. The standard InChI is InChI=1S/C27H33N3O2/c1-20(2)29-26(32)27(13-16-30(19-27)25(31)23-8-4-3-5-9-23)18-21-7-6-10-24(17-21)22-11-14-28-15-12-22/h3-4,6-7,10-12,14-15,17,20,23H,5,8-9,13,16,18-19H2,1-2H3,(H,29,32). The number of hydrogen-bond donors (Lipinski definition) is 1. The first kappa shape index (κ1) is 22.3. The van der Waals surface area contributed by atoms with Crippen LogP contribution < -0.4 is 5.32 Å². The molecule has 2 aromatic rings. The third-order valence-corrected chi connectivity index (χ3v) is 6.67. The summed E-state index contributed by atoms with van der Waals surface area (Å²) in [6.45, 7) is 5.11. The summed E-state index contributed by atoms with van der Waals surface area (Å²) < 4.78 is 0. The van der Waals surface area contributed by atoms with Gasteiger partial charge in [-0.1, -0.05) is 36.4 Å². The van der Waals surface area contributed by atoms with E-state index in [-0.39, 0.29) is 23.8 Å². The molecule has 1 aromatic carbocycles. The molecule has 1 aromatic heterocycles. The third-order valence-electron chi connectivity index (χ3n) is 6.67. The Hall–Kier alpha value is -2.95. The van der Waals surface area contributed by atoms with Gasteiger partial charge in [0, 0.05) is 37.4 Å². The van der Waals surface area contributed by atoms with Crippen molar-refractivity contribution in [2.45, 2.75) is 52.0 Å². The molecule has 2 atom stereocenters. The minimum absolute atomic E-state index is 0.0546. The van der Waals surface area contributed by atoms with Crippen LogP contribution in [-0.2, 0) is 16.0 Å². The van der Waals surface area contributed by atoms with Gasteiger partial charge < -0.3 is 10.2 Å². The molecular weight excluding hydrogens is 398 g/mol. The topological polar surface area (TPSA) is 62.3 Å². The molecule has 2 aliphatic rings. The van der Waals surface area contributed by atoms with Gasteiger partial charge >= 0.3 is 0 Å². The molecule has 0 spiro atoms. The summed E-state index contributed by atoms with van der Waals surface area (Å²) in [5.41, 5.74) is 2.75. The van der Waals surface area contributed by atoms with Gasteiger partial charge in [0.1, 0.15) is 0 Å². The van der Waals surface area contributed by atoms with Crippen LogP contribution >= 0.6 is 0 Å². The second-order valence-electron chi connectivity index (χ2n) is 9.51. The van der Waals surface area contributed by atoms with Crippen molar-refractivity contribution in [1.29, 1.82) is 0 Å². The Morgan fingerprint density at radius 3 is 2.69 bits per heavy atom.